The number of hydrogen-bond donors (Lipinski definition) is 1. The molecule has 0 aliphatic heterocycles. The molecule has 0 radical (unpaired) electrons. The fourth-order valence-corrected chi connectivity index (χ4v) is 1.94. The maximum absolute atomic E-state index is 6.08. The predicted molar refractivity (Wildman–Crippen MR) is 77.4 cm³/mol. The lowest BCUT2D eigenvalue weighted by Gasteiger charge is -2.16. The molecule has 1 rings (SSSR count). The Morgan fingerprint density at radius 3 is 2.63 bits per heavy atom. The van der Waals surface area contributed by atoms with Crippen LogP contribution in [0.4, 0.5) is 0 Å². The highest BCUT2D eigenvalue weighted by molar-refractivity contribution is 6.30. The SMILES string of the molecule is CCNCc1cc(Cl)cc(OC)c1OCCCOC. The van der Waals surface area contributed by atoms with Crippen LogP contribution in [0, 0.1) is 0 Å². The standard InChI is InChI=1S/C14H22ClNO3/c1-4-16-10-11-8-12(15)9-13(18-3)14(11)19-7-5-6-17-2/h8-9,16H,4-7,10H2,1-3H3. The van der Waals surface area contributed by atoms with Crippen molar-refractivity contribution in [2.24, 2.45) is 0 Å². The van der Waals surface area contributed by atoms with Crippen LogP contribution in [-0.4, -0.2) is 34.0 Å². The van der Waals surface area contributed by atoms with E-state index in [0.29, 0.717) is 30.5 Å². The van der Waals surface area contributed by atoms with Gasteiger partial charge in [-0.25, -0.2) is 0 Å². The van der Waals surface area contributed by atoms with Crippen molar-refractivity contribution < 1.29 is 14.2 Å². The summed E-state index contributed by atoms with van der Waals surface area (Å²) in [5.41, 5.74) is 1.00. The van der Waals surface area contributed by atoms with E-state index in [4.69, 9.17) is 25.8 Å². The molecule has 1 N–H and O–H groups in total. The van der Waals surface area contributed by atoms with Crippen LogP contribution in [0.3, 0.4) is 0 Å². The number of rotatable bonds is 9. The Hall–Kier alpha value is -0.970. The Labute approximate surface area is 120 Å². The van der Waals surface area contributed by atoms with E-state index in [1.54, 1.807) is 20.3 Å². The molecule has 0 saturated carbocycles. The molecule has 0 fully saturated rings. The van der Waals surface area contributed by atoms with Crippen molar-refractivity contribution in [3.05, 3.63) is 22.7 Å². The minimum absolute atomic E-state index is 0.588. The number of nitrogens with one attached hydrogen (secondary N) is 1. The molecule has 0 bridgehead atoms. The lowest BCUT2D eigenvalue weighted by molar-refractivity contribution is 0.170. The van der Waals surface area contributed by atoms with Crippen molar-refractivity contribution in [3.63, 3.8) is 0 Å². The van der Waals surface area contributed by atoms with Crippen LogP contribution < -0.4 is 14.8 Å². The minimum atomic E-state index is 0.588. The van der Waals surface area contributed by atoms with E-state index in [1.165, 1.54) is 0 Å². The van der Waals surface area contributed by atoms with E-state index >= 15 is 0 Å². The molecule has 19 heavy (non-hydrogen) atoms. The number of hydrogen-bond acceptors (Lipinski definition) is 4. The molecule has 4 nitrogen and oxygen atoms in total. The van der Waals surface area contributed by atoms with E-state index in [9.17, 15) is 0 Å². The number of ether oxygens (including phenoxy) is 3. The molecule has 108 valence electrons. The van der Waals surface area contributed by atoms with Crippen molar-refractivity contribution in [2.75, 3.05) is 34.0 Å². The summed E-state index contributed by atoms with van der Waals surface area (Å²) in [6, 6.07) is 3.67. The summed E-state index contributed by atoms with van der Waals surface area (Å²) in [5.74, 6) is 1.42. The number of benzene rings is 1. The second kappa shape index (κ2) is 9.02. The Bertz CT molecular complexity index is 385. The Morgan fingerprint density at radius 1 is 1.21 bits per heavy atom. The maximum atomic E-state index is 6.08. The van der Waals surface area contributed by atoms with Crippen LogP contribution in [0.5, 0.6) is 11.5 Å². The summed E-state index contributed by atoms with van der Waals surface area (Å²) in [7, 11) is 3.30. The predicted octanol–water partition coefficient (Wildman–Crippen LogP) is 2.87. The average molecular weight is 288 g/mol. The zero-order valence-electron chi connectivity index (χ0n) is 11.8. The van der Waals surface area contributed by atoms with Crippen LogP contribution >= 0.6 is 11.6 Å². The normalized spacial score (nSPS) is 10.5. The zero-order valence-corrected chi connectivity index (χ0v) is 12.5. The largest absolute Gasteiger partial charge is 0.493 e. The highest BCUT2D eigenvalue weighted by Gasteiger charge is 2.12. The van der Waals surface area contributed by atoms with Crippen molar-refractivity contribution in [2.45, 2.75) is 19.9 Å². The summed E-state index contributed by atoms with van der Waals surface area (Å²) in [6.07, 6.45) is 0.836. The summed E-state index contributed by atoms with van der Waals surface area (Å²) >= 11 is 6.08. The Balaban J connectivity index is 2.82. The maximum Gasteiger partial charge on any atom is 0.165 e. The molecular weight excluding hydrogens is 266 g/mol. The molecule has 0 unspecified atom stereocenters. The molecule has 0 spiro atoms. The van der Waals surface area contributed by atoms with E-state index in [-0.39, 0.29) is 0 Å². The van der Waals surface area contributed by atoms with Gasteiger partial charge in [0.1, 0.15) is 0 Å². The van der Waals surface area contributed by atoms with Gasteiger partial charge in [-0.15, -0.1) is 0 Å². The van der Waals surface area contributed by atoms with Gasteiger partial charge in [-0.05, 0) is 12.6 Å². The molecular formula is C14H22ClNO3. The van der Waals surface area contributed by atoms with Crippen LogP contribution in [-0.2, 0) is 11.3 Å². The average Bonchev–Trinajstić information content (AvgIpc) is 2.42. The first-order valence-corrected chi connectivity index (χ1v) is 6.79. The number of halogens is 1. The first kappa shape index (κ1) is 16.1. The van der Waals surface area contributed by atoms with Gasteiger partial charge in [-0.1, -0.05) is 18.5 Å². The third-order valence-corrected chi connectivity index (χ3v) is 2.84. The first-order valence-electron chi connectivity index (χ1n) is 6.41. The van der Waals surface area contributed by atoms with Crippen LogP contribution in [0.25, 0.3) is 0 Å². The van der Waals surface area contributed by atoms with Crippen LogP contribution in [0.2, 0.25) is 5.02 Å². The molecule has 1 aromatic rings. The molecule has 0 heterocycles. The molecule has 0 aliphatic rings. The van der Waals surface area contributed by atoms with Crippen molar-refractivity contribution >= 4 is 11.6 Å². The fourth-order valence-electron chi connectivity index (χ4n) is 1.71. The monoisotopic (exact) mass is 287 g/mol. The second-order valence-corrected chi connectivity index (χ2v) is 4.51. The first-order chi connectivity index (χ1) is 9.22. The molecule has 0 aromatic heterocycles. The summed E-state index contributed by atoms with van der Waals surface area (Å²) < 4.78 is 16.2. The molecule has 5 heteroatoms. The van der Waals surface area contributed by atoms with Gasteiger partial charge in [0.15, 0.2) is 11.5 Å². The minimum Gasteiger partial charge on any atom is -0.493 e. The topological polar surface area (TPSA) is 39.7 Å². The molecule has 0 saturated heterocycles. The summed E-state index contributed by atoms with van der Waals surface area (Å²) in [5, 5.41) is 3.91. The van der Waals surface area contributed by atoms with E-state index in [0.717, 1.165) is 24.3 Å². The highest BCUT2D eigenvalue weighted by Crippen LogP contribution is 2.34. The lowest BCUT2D eigenvalue weighted by atomic mass is 10.2. The highest BCUT2D eigenvalue weighted by atomic mass is 35.5. The van der Waals surface area contributed by atoms with Gasteiger partial charge in [0.2, 0.25) is 0 Å². The van der Waals surface area contributed by atoms with Crippen LogP contribution in [0.1, 0.15) is 18.9 Å². The fraction of sp³-hybridized carbons (Fsp3) is 0.571. The molecule has 0 amide bonds. The Morgan fingerprint density at radius 2 is 2.00 bits per heavy atom. The summed E-state index contributed by atoms with van der Waals surface area (Å²) in [4.78, 5) is 0. The van der Waals surface area contributed by atoms with Crippen molar-refractivity contribution in [3.8, 4) is 11.5 Å². The number of methoxy groups -OCH3 is 2. The molecule has 0 aliphatic carbocycles. The van der Waals surface area contributed by atoms with Gasteiger partial charge in [0.25, 0.3) is 0 Å². The van der Waals surface area contributed by atoms with E-state index < -0.39 is 0 Å². The van der Waals surface area contributed by atoms with Gasteiger partial charge in [-0.3, -0.25) is 0 Å². The quantitative estimate of drug-likeness (QED) is 0.709. The third kappa shape index (κ3) is 5.27. The van der Waals surface area contributed by atoms with Crippen molar-refractivity contribution in [1.82, 2.24) is 5.32 Å². The zero-order chi connectivity index (χ0) is 14.1. The Kier molecular flexibility index (Phi) is 7.63. The molecule has 0 atom stereocenters. The van der Waals surface area contributed by atoms with Gasteiger partial charge in [0.05, 0.1) is 13.7 Å². The van der Waals surface area contributed by atoms with Crippen molar-refractivity contribution in [1.29, 1.82) is 0 Å². The second-order valence-electron chi connectivity index (χ2n) is 4.07. The van der Waals surface area contributed by atoms with Gasteiger partial charge in [0, 0.05) is 43.3 Å². The van der Waals surface area contributed by atoms with Gasteiger partial charge >= 0.3 is 0 Å². The van der Waals surface area contributed by atoms with Gasteiger partial charge in [-0.2, -0.15) is 0 Å². The lowest BCUT2D eigenvalue weighted by Crippen LogP contribution is -2.14. The van der Waals surface area contributed by atoms with Crippen LogP contribution in [0.15, 0.2) is 12.1 Å². The smallest absolute Gasteiger partial charge is 0.165 e. The summed E-state index contributed by atoms with van der Waals surface area (Å²) in [6.45, 7) is 4.91. The van der Waals surface area contributed by atoms with E-state index in [1.807, 2.05) is 6.07 Å². The van der Waals surface area contributed by atoms with Gasteiger partial charge < -0.3 is 19.5 Å². The third-order valence-electron chi connectivity index (χ3n) is 2.62. The van der Waals surface area contributed by atoms with E-state index in [2.05, 4.69) is 12.2 Å². The molecule has 1 aromatic carbocycles.